The van der Waals surface area contributed by atoms with E-state index in [4.69, 9.17) is 0 Å². The molecule has 0 aliphatic rings. The molecule has 1 heterocycles. The largest absolute Gasteiger partial charge is 0.359 e. The molecule has 0 bridgehead atoms. The Labute approximate surface area is 101 Å². The highest BCUT2D eigenvalue weighted by molar-refractivity contribution is 5.81. The molecule has 0 saturated heterocycles. The molecule has 5 heteroatoms. The molecule has 2 N–H and O–H groups in total. The fourth-order valence-electron chi connectivity index (χ4n) is 1.49. The lowest BCUT2D eigenvalue weighted by molar-refractivity contribution is -0.128. The normalized spacial score (nSPS) is 11.3. The zero-order chi connectivity index (χ0) is 12.9. The zero-order valence-corrected chi connectivity index (χ0v) is 10.4. The van der Waals surface area contributed by atoms with Crippen molar-refractivity contribution in [2.45, 2.75) is 20.4 Å². The molecule has 1 rings (SSSR count). The summed E-state index contributed by atoms with van der Waals surface area (Å²) in [6.07, 6.45) is 2.76. The fourth-order valence-corrected chi connectivity index (χ4v) is 1.49. The summed E-state index contributed by atoms with van der Waals surface area (Å²) >= 11 is 0. The van der Waals surface area contributed by atoms with Crippen LogP contribution in [0.3, 0.4) is 0 Å². The molecule has 4 nitrogen and oxygen atoms in total. The first-order valence-corrected chi connectivity index (χ1v) is 5.48. The van der Waals surface area contributed by atoms with Gasteiger partial charge in [0.15, 0.2) is 0 Å². The highest BCUT2D eigenvalue weighted by Crippen LogP contribution is 2.13. The minimum atomic E-state index is -0.491. The summed E-state index contributed by atoms with van der Waals surface area (Å²) in [5.74, 6) is -0.378. The lowest BCUT2D eigenvalue weighted by atomic mass is 9.92. The van der Waals surface area contributed by atoms with E-state index in [0.717, 1.165) is 11.8 Å². The smallest absolute Gasteiger partial charge is 0.226 e. The second-order valence-electron chi connectivity index (χ2n) is 4.58. The van der Waals surface area contributed by atoms with Crippen molar-refractivity contribution in [1.82, 2.24) is 15.6 Å². The number of hydrogen-bond donors (Lipinski definition) is 2. The average Bonchev–Trinajstić information content (AvgIpc) is 2.27. The molecule has 0 unspecified atom stereocenters. The molecule has 0 atom stereocenters. The van der Waals surface area contributed by atoms with Gasteiger partial charge in [-0.2, -0.15) is 0 Å². The summed E-state index contributed by atoms with van der Waals surface area (Å²) in [5.41, 5.74) is 0.271. The third-order valence-corrected chi connectivity index (χ3v) is 2.50. The molecule has 1 aromatic heterocycles. The van der Waals surface area contributed by atoms with E-state index >= 15 is 0 Å². The van der Waals surface area contributed by atoms with E-state index in [1.54, 1.807) is 13.2 Å². The van der Waals surface area contributed by atoms with Crippen molar-refractivity contribution >= 4 is 5.91 Å². The second-order valence-corrected chi connectivity index (χ2v) is 4.58. The Morgan fingerprint density at radius 1 is 1.47 bits per heavy atom. The number of amides is 1. The summed E-state index contributed by atoms with van der Waals surface area (Å²) in [6.45, 7) is 4.71. The molecule has 1 amide bonds. The van der Waals surface area contributed by atoms with Gasteiger partial charge in [-0.25, -0.2) is 4.39 Å². The molecule has 17 heavy (non-hydrogen) atoms. The Hall–Kier alpha value is -1.49. The van der Waals surface area contributed by atoms with Crippen LogP contribution in [0.25, 0.3) is 0 Å². The van der Waals surface area contributed by atoms with Crippen molar-refractivity contribution in [2.75, 3.05) is 13.6 Å². The fraction of sp³-hybridized carbons (Fsp3) is 0.500. The van der Waals surface area contributed by atoms with Gasteiger partial charge < -0.3 is 10.6 Å². The first-order valence-electron chi connectivity index (χ1n) is 5.48. The van der Waals surface area contributed by atoms with Crippen LogP contribution in [0.2, 0.25) is 0 Å². The second kappa shape index (κ2) is 5.72. The van der Waals surface area contributed by atoms with E-state index in [1.807, 2.05) is 13.8 Å². The van der Waals surface area contributed by atoms with Gasteiger partial charge in [-0.15, -0.1) is 0 Å². The van der Waals surface area contributed by atoms with Gasteiger partial charge in [-0.3, -0.25) is 9.78 Å². The van der Waals surface area contributed by atoms with E-state index in [-0.39, 0.29) is 11.7 Å². The summed E-state index contributed by atoms with van der Waals surface area (Å²) in [7, 11) is 1.61. The summed E-state index contributed by atoms with van der Waals surface area (Å²) in [4.78, 5) is 15.3. The van der Waals surface area contributed by atoms with Gasteiger partial charge in [0.05, 0.1) is 11.6 Å². The average molecular weight is 239 g/mol. The van der Waals surface area contributed by atoms with Crippen molar-refractivity contribution in [3.8, 4) is 0 Å². The first kappa shape index (κ1) is 13.6. The van der Waals surface area contributed by atoms with Crippen molar-refractivity contribution in [3.05, 3.63) is 29.8 Å². The Morgan fingerprint density at radius 3 is 2.76 bits per heavy atom. The van der Waals surface area contributed by atoms with E-state index in [9.17, 15) is 9.18 Å². The minimum absolute atomic E-state index is 0.0256. The molecule has 0 aromatic carbocycles. The molecule has 0 aliphatic carbocycles. The highest BCUT2D eigenvalue weighted by atomic mass is 19.1. The topological polar surface area (TPSA) is 54.0 Å². The zero-order valence-electron chi connectivity index (χ0n) is 10.4. The Kier molecular flexibility index (Phi) is 4.57. The van der Waals surface area contributed by atoms with Gasteiger partial charge in [0.25, 0.3) is 0 Å². The number of pyridine rings is 1. The van der Waals surface area contributed by atoms with Gasteiger partial charge in [0, 0.05) is 26.3 Å². The molecule has 0 radical (unpaired) electrons. The minimum Gasteiger partial charge on any atom is -0.359 e. The third-order valence-electron chi connectivity index (χ3n) is 2.50. The van der Waals surface area contributed by atoms with Crippen LogP contribution in [0.5, 0.6) is 0 Å². The molecule has 1 aromatic rings. The first-order chi connectivity index (χ1) is 7.95. The molecule has 0 saturated carbocycles. The number of hydrogen-bond acceptors (Lipinski definition) is 3. The van der Waals surface area contributed by atoms with Crippen LogP contribution in [0, 0.1) is 11.2 Å². The van der Waals surface area contributed by atoms with Gasteiger partial charge in [0.1, 0.15) is 5.82 Å². The number of nitrogens with zero attached hydrogens (tertiary/aromatic N) is 1. The Bertz CT molecular complexity index is 393. The number of carbonyl (C=O) groups is 1. The Balaban J connectivity index is 2.45. The predicted octanol–water partition coefficient (Wildman–Crippen LogP) is 1.08. The number of halogens is 1. The van der Waals surface area contributed by atoms with E-state index in [0.29, 0.717) is 13.1 Å². The molecule has 94 valence electrons. The maximum absolute atomic E-state index is 12.9. The van der Waals surface area contributed by atoms with Gasteiger partial charge >= 0.3 is 0 Å². The molecule has 0 aliphatic heterocycles. The van der Waals surface area contributed by atoms with Crippen molar-refractivity contribution in [3.63, 3.8) is 0 Å². The molecular formula is C12H18FN3O. The van der Waals surface area contributed by atoms with E-state index < -0.39 is 5.41 Å². The van der Waals surface area contributed by atoms with Crippen molar-refractivity contribution in [1.29, 1.82) is 0 Å². The summed E-state index contributed by atoms with van der Waals surface area (Å²) < 4.78 is 12.9. The summed E-state index contributed by atoms with van der Waals surface area (Å²) in [6, 6.07) is 1.42. The molecular weight excluding hydrogens is 221 g/mol. The van der Waals surface area contributed by atoms with Gasteiger partial charge in [-0.1, -0.05) is 0 Å². The SMILES string of the molecule is CNC(=O)C(C)(C)CNCc1cncc(F)c1. The predicted molar refractivity (Wildman–Crippen MR) is 63.7 cm³/mol. The lowest BCUT2D eigenvalue weighted by Crippen LogP contribution is -2.41. The Morgan fingerprint density at radius 2 is 2.18 bits per heavy atom. The van der Waals surface area contributed by atoms with Crippen LogP contribution in [-0.2, 0) is 11.3 Å². The van der Waals surface area contributed by atoms with Crippen LogP contribution in [0.15, 0.2) is 18.5 Å². The molecule has 0 spiro atoms. The third kappa shape index (κ3) is 4.11. The maximum Gasteiger partial charge on any atom is 0.226 e. The van der Waals surface area contributed by atoms with Crippen LogP contribution in [0.1, 0.15) is 19.4 Å². The van der Waals surface area contributed by atoms with Gasteiger partial charge in [0.2, 0.25) is 5.91 Å². The van der Waals surface area contributed by atoms with Gasteiger partial charge in [-0.05, 0) is 25.5 Å². The summed E-state index contributed by atoms with van der Waals surface area (Å²) in [5, 5.41) is 5.73. The van der Waals surface area contributed by atoms with Crippen LogP contribution in [-0.4, -0.2) is 24.5 Å². The van der Waals surface area contributed by atoms with E-state index in [1.165, 1.54) is 6.07 Å². The van der Waals surface area contributed by atoms with E-state index in [2.05, 4.69) is 15.6 Å². The van der Waals surface area contributed by atoms with Crippen LogP contribution >= 0.6 is 0 Å². The van der Waals surface area contributed by atoms with Crippen LogP contribution in [0.4, 0.5) is 4.39 Å². The van der Waals surface area contributed by atoms with Crippen LogP contribution < -0.4 is 10.6 Å². The standard InChI is InChI=1S/C12H18FN3O/c1-12(2,11(17)14-3)8-16-6-9-4-10(13)7-15-5-9/h4-5,7,16H,6,8H2,1-3H3,(H,14,17). The number of aromatic nitrogens is 1. The highest BCUT2D eigenvalue weighted by Gasteiger charge is 2.25. The maximum atomic E-state index is 12.9. The number of nitrogens with one attached hydrogen (secondary N) is 2. The number of rotatable bonds is 5. The van der Waals surface area contributed by atoms with Crippen molar-refractivity contribution in [2.24, 2.45) is 5.41 Å². The lowest BCUT2D eigenvalue weighted by Gasteiger charge is -2.22. The molecule has 0 fully saturated rings. The number of carbonyl (C=O) groups excluding carboxylic acids is 1. The quantitative estimate of drug-likeness (QED) is 0.808. The monoisotopic (exact) mass is 239 g/mol. The van der Waals surface area contributed by atoms with Crippen molar-refractivity contribution < 1.29 is 9.18 Å².